The third-order valence-corrected chi connectivity index (χ3v) is 6.51. The number of aryl methyl sites for hydroxylation is 1. The summed E-state index contributed by atoms with van der Waals surface area (Å²) in [5.74, 6) is 2.08. The average Bonchev–Trinajstić information content (AvgIpc) is 2.94. The molecule has 0 amide bonds. The average molecular weight is 506 g/mol. The third-order valence-electron chi connectivity index (χ3n) is 6.51. The highest BCUT2D eigenvalue weighted by Gasteiger charge is 2.18. The number of hydrogen-bond acceptors (Lipinski definition) is 5. The molecule has 0 aliphatic rings. The lowest BCUT2D eigenvalue weighted by Crippen LogP contribution is -2.23. The predicted molar refractivity (Wildman–Crippen MR) is 150 cm³/mol. The van der Waals surface area contributed by atoms with Gasteiger partial charge in [0, 0.05) is 25.7 Å². The molecule has 192 valence electrons. The Balaban J connectivity index is 1.52. The second kappa shape index (κ2) is 11.8. The first-order chi connectivity index (χ1) is 18.6. The summed E-state index contributed by atoms with van der Waals surface area (Å²) in [4.78, 5) is 15.2. The van der Waals surface area contributed by atoms with E-state index in [1.165, 1.54) is 17.2 Å². The molecule has 0 bridgehead atoms. The van der Waals surface area contributed by atoms with Gasteiger partial charge in [-0.15, -0.1) is 0 Å². The first kappa shape index (κ1) is 25.3. The first-order valence-electron chi connectivity index (χ1n) is 12.7. The zero-order chi connectivity index (χ0) is 26.3. The topological polar surface area (TPSA) is 51.9 Å². The maximum Gasteiger partial charge on any atom is 0.192 e. The molecule has 5 aromatic rings. The van der Waals surface area contributed by atoms with E-state index in [2.05, 4.69) is 53.4 Å². The van der Waals surface area contributed by atoms with Crippen molar-refractivity contribution in [2.45, 2.75) is 33.2 Å². The van der Waals surface area contributed by atoms with Crippen molar-refractivity contribution in [2.24, 2.45) is 0 Å². The van der Waals surface area contributed by atoms with Crippen LogP contribution in [0.25, 0.3) is 11.0 Å². The van der Waals surface area contributed by atoms with Crippen LogP contribution >= 0.6 is 0 Å². The van der Waals surface area contributed by atoms with Crippen LogP contribution in [0.3, 0.4) is 0 Å². The summed E-state index contributed by atoms with van der Waals surface area (Å²) in [6.07, 6.45) is 0. The second-order valence-corrected chi connectivity index (χ2v) is 9.39. The Labute approximate surface area is 222 Å². The molecule has 1 aromatic heterocycles. The molecule has 5 nitrogen and oxygen atoms in total. The highest BCUT2D eigenvalue weighted by Crippen LogP contribution is 2.31. The fraction of sp³-hybridized carbons (Fsp3) is 0.182. The van der Waals surface area contributed by atoms with Gasteiger partial charge in [-0.2, -0.15) is 0 Å². The minimum Gasteiger partial charge on any atom is -0.497 e. The van der Waals surface area contributed by atoms with Crippen molar-refractivity contribution < 1.29 is 13.9 Å². The minimum absolute atomic E-state index is 0.0515. The maximum absolute atomic E-state index is 12.8. The lowest BCUT2D eigenvalue weighted by atomic mass is 10.1. The van der Waals surface area contributed by atoms with E-state index >= 15 is 0 Å². The summed E-state index contributed by atoms with van der Waals surface area (Å²) in [5.41, 5.74) is 4.83. The van der Waals surface area contributed by atoms with Crippen LogP contribution in [0.2, 0.25) is 0 Å². The zero-order valence-corrected chi connectivity index (χ0v) is 21.7. The van der Waals surface area contributed by atoms with Crippen LogP contribution in [0.4, 0.5) is 0 Å². The largest absolute Gasteiger partial charge is 0.497 e. The van der Waals surface area contributed by atoms with Crippen molar-refractivity contribution in [1.29, 1.82) is 0 Å². The summed E-state index contributed by atoms with van der Waals surface area (Å²) in [7, 11) is 1.65. The molecule has 0 saturated carbocycles. The van der Waals surface area contributed by atoms with Gasteiger partial charge < -0.3 is 13.9 Å². The summed E-state index contributed by atoms with van der Waals surface area (Å²) >= 11 is 0. The van der Waals surface area contributed by atoms with Gasteiger partial charge in [-0.05, 0) is 47.9 Å². The van der Waals surface area contributed by atoms with Gasteiger partial charge in [-0.3, -0.25) is 9.69 Å². The number of benzene rings is 4. The highest BCUT2D eigenvalue weighted by molar-refractivity contribution is 5.82. The van der Waals surface area contributed by atoms with E-state index in [1.807, 2.05) is 42.5 Å². The van der Waals surface area contributed by atoms with Gasteiger partial charge >= 0.3 is 0 Å². The normalized spacial score (nSPS) is 11.1. The standard InChI is InChI=1S/C33H31NO4/c1-24-19-31(35)29-17-18-32(37-23-27-13-15-28(36-2)16-14-27)30(33(29)38-24)22-34(20-25-9-5-3-6-10-25)21-26-11-7-4-8-12-26/h3-19H,20-23H2,1-2H3. The molecule has 4 aromatic carbocycles. The van der Waals surface area contributed by atoms with Crippen LogP contribution in [0, 0.1) is 6.92 Å². The number of hydrogen-bond donors (Lipinski definition) is 0. The van der Waals surface area contributed by atoms with Crippen LogP contribution in [-0.2, 0) is 26.2 Å². The molecule has 0 radical (unpaired) electrons. The molecular formula is C33H31NO4. The number of ether oxygens (including phenoxy) is 2. The summed E-state index contributed by atoms with van der Waals surface area (Å²) < 4.78 is 17.8. The molecule has 0 spiro atoms. The van der Waals surface area contributed by atoms with E-state index in [-0.39, 0.29) is 5.43 Å². The Kier molecular flexibility index (Phi) is 7.86. The summed E-state index contributed by atoms with van der Waals surface area (Å²) in [5, 5.41) is 0.557. The van der Waals surface area contributed by atoms with Gasteiger partial charge in [0.1, 0.15) is 29.4 Å². The molecule has 0 atom stereocenters. The first-order valence-corrected chi connectivity index (χ1v) is 12.7. The van der Waals surface area contributed by atoms with Crippen molar-refractivity contribution >= 4 is 11.0 Å². The number of fused-ring (bicyclic) bond motifs is 1. The van der Waals surface area contributed by atoms with Crippen molar-refractivity contribution in [3.8, 4) is 11.5 Å². The van der Waals surface area contributed by atoms with Gasteiger partial charge in [0.15, 0.2) is 5.43 Å². The highest BCUT2D eigenvalue weighted by atomic mass is 16.5. The molecule has 0 unspecified atom stereocenters. The van der Waals surface area contributed by atoms with E-state index in [9.17, 15) is 4.79 Å². The van der Waals surface area contributed by atoms with E-state index in [0.29, 0.717) is 35.6 Å². The Hall–Kier alpha value is -4.35. The second-order valence-electron chi connectivity index (χ2n) is 9.39. The Morgan fingerprint density at radius 1 is 0.737 bits per heavy atom. The van der Waals surface area contributed by atoms with Gasteiger partial charge in [0.05, 0.1) is 18.1 Å². The van der Waals surface area contributed by atoms with E-state index < -0.39 is 0 Å². The quantitative estimate of drug-likeness (QED) is 0.207. The van der Waals surface area contributed by atoms with Gasteiger partial charge in [-0.25, -0.2) is 0 Å². The van der Waals surface area contributed by atoms with Crippen LogP contribution in [-0.4, -0.2) is 12.0 Å². The third kappa shape index (κ3) is 6.13. The monoisotopic (exact) mass is 505 g/mol. The van der Waals surface area contributed by atoms with Crippen molar-refractivity contribution in [3.63, 3.8) is 0 Å². The lowest BCUT2D eigenvalue weighted by Gasteiger charge is -2.24. The maximum atomic E-state index is 12.8. The summed E-state index contributed by atoms with van der Waals surface area (Å²) in [6, 6.07) is 33.8. The van der Waals surface area contributed by atoms with Crippen LogP contribution in [0.1, 0.15) is 28.0 Å². The molecular weight excluding hydrogens is 474 g/mol. The molecule has 0 aliphatic carbocycles. The number of nitrogens with zero attached hydrogens (tertiary/aromatic N) is 1. The predicted octanol–water partition coefficient (Wildman–Crippen LogP) is 6.89. The van der Waals surface area contributed by atoms with Crippen LogP contribution < -0.4 is 14.9 Å². The molecule has 0 fully saturated rings. The molecule has 0 saturated heterocycles. The van der Waals surface area contributed by atoms with E-state index in [0.717, 1.165) is 30.0 Å². The fourth-order valence-corrected chi connectivity index (χ4v) is 4.62. The molecule has 0 aliphatic heterocycles. The molecule has 5 heteroatoms. The minimum atomic E-state index is -0.0515. The van der Waals surface area contributed by atoms with Crippen molar-refractivity contribution in [2.75, 3.05) is 7.11 Å². The van der Waals surface area contributed by atoms with E-state index in [1.54, 1.807) is 20.1 Å². The zero-order valence-electron chi connectivity index (χ0n) is 21.7. The van der Waals surface area contributed by atoms with Gasteiger partial charge in [0.25, 0.3) is 0 Å². The molecule has 1 heterocycles. The van der Waals surface area contributed by atoms with Gasteiger partial charge in [-0.1, -0.05) is 72.8 Å². The smallest absolute Gasteiger partial charge is 0.192 e. The fourth-order valence-electron chi connectivity index (χ4n) is 4.62. The molecule has 0 N–H and O–H groups in total. The summed E-state index contributed by atoms with van der Waals surface area (Å²) in [6.45, 7) is 4.21. The Morgan fingerprint density at radius 2 is 1.37 bits per heavy atom. The van der Waals surface area contributed by atoms with Crippen LogP contribution in [0.15, 0.2) is 112 Å². The van der Waals surface area contributed by atoms with Crippen molar-refractivity contribution in [3.05, 3.63) is 141 Å². The van der Waals surface area contributed by atoms with Gasteiger partial charge in [0.2, 0.25) is 0 Å². The number of methoxy groups -OCH3 is 1. The number of rotatable bonds is 10. The Bertz CT molecular complexity index is 1500. The molecule has 38 heavy (non-hydrogen) atoms. The Morgan fingerprint density at radius 3 is 1.97 bits per heavy atom. The van der Waals surface area contributed by atoms with Crippen LogP contribution in [0.5, 0.6) is 11.5 Å². The molecule has 5 rings (SSSR count). The van der Waals surface area contributed by atoms with Crippen molar-refractivity contribution in [1.82, 2.24) is 4.90 Å². The SMILES string of the molecule is COc1ccc(COc2ccc3c(=O)cc(C)oc3c2CN(Cc2ccccc2)Cc2ccccc2)cc1. The van der Waals surface area contributed by atoms with E-state index in [4.69, 9.17) is 13.9 Å². The lowest BCUT2D eigenvalue weighted by molar-refractivity contribution is 0.237.